The van der Waals surface area contributed by atoms with Crippen LogP contribution in [-0.2, 0) is 10.0 Å². The summed E-state index contributed by atoms with van der Waals surface area (Å²) in [6.07, 6.45) is 7.21. The standard InChI is InChI=1S/C15H22N4O3S/c1-2-23(21,22)19-9-5-15(12-19)4-3-8-18(11-15)14(20)13-10-16-6-7-17-13/h6-7,10H,2-5,8-9,11-12H2,1H3. The highest BCUT2D eigenvalue weighted by atomic mass is 32.2. The maximum Gasteiger partial charge on any atom is 0.274 e. The van der Waals surface area contributed by atoms with Crippen LogP contribution in [0.1, 0.15) is 36.7 Å². The Balaban J connectivity index is 1.73. The summed E-state index contributed by atoms with van der Waals surface area (Å²) in [6.45, 7) is 4.04. The number of hydrogen-bond donors (Lipinski definition) is 0. The van der Waals surface area contributed by atoms with Gasteiger partial charge in [-0.2, -0.15) is 0 Å². The zero-order valence-electron chi connectivity index (χ0n) is 13.3. The Morgan fingerprint density at radius 2 is 2.09 bits per heavy atom. The molecule has 0 bridgehead atoms. The number of amides is 1. The molecule has 2 saturated heterocycles. The molecule has 0 saturated carbocycles. The highest BCUT2D eigenvalue weighted by molar-refractivity contribution is 7.89. The van der Waals surface area contributed by atoms with Gasteiger partial charge in [0.25, 0.3) is 5.91 Å². The Kier molecular flexibility index (Phi) is 4.37. The van der Waals surface area contributed by atoms with E-state index >= 15 is 0 Å². The lowest BCUT2D eigenvalue weighted by atomic mass is 9.79. The van der Waals surface area contributed by atoms with E-state index in [0.717, 1.165) is 19.3 Å². The minimum Gasteiger partial charge on any atom is -0.337 e. The first-order valence-electron chi connectivity index (χ1n) is 7.99. The van der Waals surface area contributed by atoms with Crippen LogP contribution in [0.3, 0.4) is 0 Å². The van der Waals surface area contributed by atoms with Crippen molar-refractivity contribution < 1.29 is 13.2 Å². The maximum atomic E-state index is 12.6. The largest absolute Gasteiger partial charge is 0.337 e. The number of likely N-dealkylation sites (tertiary alicyclic amines) is 1. The minimum absolute atomic E-state index is 0.113. The van der Waals surface area contributed by atoms with E-state index in [1.54, 1.807) is 22.3 Å². The van der Waals surface area contributed by atoms with Crippen LogP contribution >= 0.6 is 0 Å². The molecular formula is C15H22N4O3S. The Morgan fingerprint density at radius 1 is 1.26 bits per heavy atom. The smallest absolute Gasteiger partial charge is 0.274 e. The van der Waals surface area contributed by atoms with E-state index in [-0.39, 0.29) is 17.1 Å². The molecule has 1 amide bonds. The van der Waals surface area contributed by atoms with Gasteiger partial charge in [0, 0.05) is 44.0 Å². The molecule has 2 fully saturated rings. The topological polar surface area (TPSA) is 83.5 Å². The van der Waals surface area contributed by atoms with E-state index in [1.807, 2.05) is 0 Å². The van der Waals surface area contributed by atoms with E-state index in [2.05, 4.69) is 9.97 Å². The van der Waals surface area contributed by atoms with Gasteiger partial charge in [-0.1, -0.05) is 0 Å². The van der Waals surface area contributed by atoms with Crippen LogP contribution < -0.4 is 0 Å². The minimum atomic E-state index is -3.16. The predicted octanol–water partition coefficient (Wildman–Crippen LogP) is 0.754. The number of carbonyl (C=O) groups excluding carboxylic acids is 1. The molecule has 3 rings (SSSR count). The number of sulfonamides is 1. The van der Waals surface area contributed by atoms with E-state index in [1.165, 1.54) is 12.4 Å². The summed E-state index contributed by atoms with van der Waals surface area (Å²) in [6, 6.07) is 0. The van der Waals surface area contributed by atoms with Crippen molar-refractivity contribution in [2.45, 2.75) is 26.2 Å². The van der Waals surface area contributed by atoms with Crippen molar-refractivity contribution in [1.82, 2.24) is 19.2 Å². The van der Waals surface area contributed by atoms with Crippen molar-refractivity contribution in [1.29, 1.82) is 0 Å². The Hall–Kier alpha value is -1.54. The summed E-state index contributed by atoms with van der Waals surface area (Å²) in [7, 11) is -3.16. The number of piperidine rings is 1. The van der Waals surface area contributed by atoms with E-state index in [9.17, 15) is 13.2 Å². The van der Waals surface area contributed by atoms with Crippen LogP contribution in [0.15, 0.2) is 18.6 Å². The van der Waals surface area contributed by atoms with Gasteiger partial charge < -0.3 is 4.90 Å². The fourth-order valence-electron chi connectivity index (χ4n) is 3.60. The van der Waals surface area contributed by atoms with Gasteiger partial charge in [0.1, 0.15) is 5.69 Å². The molecule has 2 aliphatic heterocycles. The van der Waals surface area contributed by atoms with Gasteiger partial charge in [0.2, 0.25) is 10.0 Å². The number of nitrogens with zero attached hydrogens (tertiary/aromatic N) is 4. The molecule has 1 aromatic heterocycles. The summed E-state index contributed by atoms with van der Waals surface area (Å²) in [5, 5.41) is 0. The molecule has 0 aromatic carbocycles. The van der Waals surface area contributed by atoms with Crippen molar-refractivity contribution in [3.8, 4) is 0 Å². The van der Waals surface area contributed by atoms with E-state index in [4.69, 9.17) is 0 Å². The van der Waals surface area contributed by atoms with Crippen LogP contribution in [0.25, 0.3) is 0 Å². The second-order valence-corrected chi connectivity index (χ2v) is 8.66. The molecule has 1 unspecified atom stereocenters. The van der Waals surface area contributed by atoms with Crippen molar-refractivity contribution in [3.05, 3.63) is 24.3 Å². The van der Waals surface area contributed by atoms with Gasteiger partial charge in [-0.05, 0) is 26.2 Å². The number of rotatable bonds is 3. The lowest BCUT2D eigenvalue weighted by Gasteiger charge is -2.40. The van der Waals surface area contributed by atoms with Crippen molar-refractivity contribution in [2.24, 2.45) is 5.41 Å². The highest BCUT2D eigenvalue weighted by Crippen LogP contribution is 2.40. The second-order valence-electron chi connectivity index (χ2n) is 6.41. The summed E-state index contributed by atoms with van der Waals surface area (Å²) < 4.78 is 25.8. The van der Waals surface area contributed by atoms with Gasteiger partial charge >= 0.3 is 0 Å². The summed E-state index contributed by atoms with van der Waals surface area (Å²) in [5.41, 5.74) is 0.235. The van der Waals surface area contributed by atoms with E-state index in [0.29, 0.717) is 31.9 Å². The molecular weight excluding hydrogens is 316 g/mol. The first-order valence-corrected chi connectivity index (χ1v) is 9.60. The lowest BCUT2D eigenvalue weighted by Crippen LogP contribution is -2.48. The van der Waals surface area contributed by atoms with Crippen molar-refractivity contribution >= 4 is 15.9 Å². The van der Waals surface area contributed by atoms with E-state index < -0.39 is 10.0 Å². The van der Waals surface area contributed by atoms with Gasteiger partial charge in [-0.3, -0.25) is 9.78 Å². The van der Waals surface area contributed by atoms with Gasteiger partial charge in [-0.15, -0.1) is 0 Å². The zero-order valence-corrected chi connectivity index (χ0v) is 14.1. The molecule has 126 valence electrons. The van der Waals surface area contributed by atoms with Crippen molar-refractivity contribution in [3.63, 3.8) is 0 Å². The molecule has 1 atom stereocenters. The fraction of sp³-hybridized carbons (Fsp3) is 0.667. The second kappa shape index (κ2) is 6.16. The Bertz CT molecular complexity index is 679. The monoisotopic (exact) mass is 338 g/mol. The van der Waals surface area contributed by atoms with Crippen LogP contribution in [0.4, 0.5) is 0 Å². The third-order valence-electron chi connectivity index (χ3n) is 4.89. The van der Waals surface area contributed by atoms with Crippen LogP contribution in [0.2, 0.25) is 0 Å². The molecule has 0 aliphatic carbocycles. The number of hydrogen-bond acceptors (Lipinski definition) is 5. The third kappa shape index (κ3) is 3.23. The molecule has 8 heteroatoms. The first kappa shape index (κ1) is 16.3. The molecule has 0 radical (unpaired) electrons. The molecule has 2 aliphatic rings. The Labute approximate surface area is 136 Å². The quantitative estimate of drug-likeness (QED) is 0.812. The molecule has 23 heavy (non-hydrogen) atoms. The SMILES string of the molecule is CCS(=O)(=O)N1CCC2(CCCN(C(=O)c3cnccn3)C2)C1. The number of carbonyl (C=O) groups is 1. The number of aromatic nitrogens is 2. The van der Waals surface area contributed by atoms with Crippen LogP contribution in [0, 0.1) is 5.41 Å². The van der Waals surface area contributed by atoms with Gasteiger partial charge in [0.05, 0.1) is 11.9 Å². The molecule has 0 N–H and O–H groups in total. The predicted molar refractivity (Wildman–Crippen MR) is 85.3 cm³/mol. The molecule has 1 aromatic rings. The third-order valence-corrected chi connectivity index (χ3v) is 6.72. The lowest BCUT2D eigenvalue weighted by molar-refractivity contribution is 0.0537. The Morgan fingerprint density at radius 3 is 2.78 bits per heavy atom. The van der Waals surface area contributed by atoms with Gasteiger partial charge in [-0.25, -0.2) is 17.7 Å². The van der Waals surface area contributed by atoms with Crippen molar-refractivity contribution in [2.75, 3.05) is 31.9 Å². The van der Waals surface area contributed by atoms with Crippen LogP contribution in [0.5, 0.6) is 0 Å². The fourth-order valence-corrected chi connectivity index (χ4v) is 4.81. The summed E-state index contributed by atoms with van der Waals surface area (Å²) >= 11 is 0. The van der Waals surface area contributed by atoms with Crippen LogP contribution in [-0.4, -0.2) is 65.4 Å². The average molecular weight is 338 g/mol. The zero-order chi connectivity index (χ0) is 16.5. The molecule has 1 spiro atoms. The maximum absolute atomic E-state index is 12.6. The summed E-state index contributed by atoms with van der Waals surface area (Å²) in [5.74, 6) is 0.0136. The summed E-state index contributed by atoms with van der Waals surface area (Å²) in [4.78, 5) is 22.4. The average Bonchev–Trinajstić information content (AvgIpc) is 2.99. The van der Waals surface area contributed by atoms with Gasteiger partial charge in [0.15, 0.2) is 0 Å². The molecule has 7 nitrogen and oxygen atoms in total. The molecule has 3 heterocycles. The normalized spacial score (nSPS) is 25.9. The highest BCUT2D eigenvalue weighted by Gasteiger charge is 2.45. The first-order chi connectivity index (χ1) is 11.0.